The number of hydrogen-bond acceptors (Lipinski definition) is 6. The number of fused-ring (bicyclic) bond motifs is 1. The molecule has 2 heterocycles. The molecule has 1 aliphatic rings. The molecule has 0 bridgehead atoms. The number of aliphatic hydroxyl groups excluding tert-OH is 1. The molecule has 1 aromatic carbocycles. The molecule has 3 rings (SSSR count). The zero-order chi connectivity index (χ0) is 19.2. The molecule has 0 amide bonds. The Kier molecular flexibility index (Phi) is 4.63. The van der Waals surface area contributed by atoms with Crippen LogP contribution in [-0.2, 0) is 9.53 Å². The van der Waals surface area contributed by atoms with Crippen molar-refractivity contribution in [3.05, 3.63) is 45.3 Å². The predicted octanol–water partition coefficient (Wildman–Crippen LogP) is 3.01. The van der Waals surface area contributed by atoms with Crippen molar-refractivity contribution in [3.8, 4) is 5.75 Å². The zero-order valence-electron chi connectivity index (χ0n) is 15.2. The quantitative estimate of drug-likeness (QED) is 0.819. The van der Waals surface area contributed by atoms with Gasteiger partial charge in [0.15, 0.2) is 5.78 Å². The van der Waals surface area contributed by atoms with E-state index >= 15 is 0 Å². The van der Waals surface area contributed by atoms with Gasteiger partial charge < -0.3 is 19.4 Å². The summed E-state index contributed by atoms with van der Waals surface area (Å²) >= 11 is 0. The van der Waals surface area contributed by atoms with Crippen molar-refractivity contribution in [1.29, 1.82) is 0 Å². The van der Waals surface area contributed by atoms with E-state index in [0.29, 0.717) is 16.5 Å². The molecule has 1 aliphatic heterocycles. The van der Waals surface area contributed by atoms with Crippen LogP contribution >= 0.6 is 0 Å². The molecule has 0 spiro atoms. The highest BCUT2D eigenvalue weighted by molar-refractivity contribution is 5.98. The highest BCUT2D eigenvalue weighted by Crippen LogP contribution is 2.36. The Bertz CT molecular complexity index is 966. The summed E-state index contributed by atoms with van der Waals surface area (Å²) in [6.45, 7) is 7.00. The molecule has 3 atom stereocenters. The highest BCUT2D eigenvalue weighted by Gasteiger charge is 2.25. The second-order valence-electron chi connectivity index (χ2n) is 6.93. The number of carbonyl (C=O) groups is 1. The Hall–Kier alpha value is -2.60. The first-order valence-electron chi connectivity index (χ1n) is 8.59. The summed E-state index contributed by atoms with van der Waals surface area (Å²) in [6, 6.07) is 3.00. The molecular formula is C20H22O6. The first-order valence-corrected chi connectivity index (χ1v) is 8.59. The van der Waals surface area contributed by atoms with Crippen molar-refractivity contribution in [2.45, 2.75) is 52.2 Å². The second-order valence-corrected chi connectivity index (χ2v) is 6.93. The minimum Gasteiger partial charge on any atom is -0.508 e. The van der Waals surface area contributed by atoms with Gasteiger partial charge in [0.05, 0.1) is 6.10 Å². The fraction of sp³-hybridized carbons (Fsp3) is 0.400. The SMILES string of the molecule is Cc1c(O)cc2oc(=O)c(C3=CC(=O)CC(C)O3)cc2c1[C@@H](C)[C@H](C)O. The van der Waals surface area contributed by atoms with Gasteiger partial charge in [0.2, 0.25) is 0 Å². The van der Waals surface area contributed by atoms with Crippen LogP contribution < -0.4 is 5.63 Å². The van der Waals surface area contributed by atoms with E-state index in [9.17, 15) is 19.8 Å². The van der Waals surface area contributed by atoms with E-state index < -0.39 is 11.7 Å². The summed E-state index contributed by atoms with van der Waals surface area (Å²) in [7, 11) is 0. The third-order valence-electron chi connectivity index (χ3n) is 4.88. The number of ketones is 1. The third kappa shape index (κ3) is 3.12. The van der Waals surface area contributed by atoms with Gasteiger partial charge >= 0.3 is 5.63 Å². The number of aromatic hydroxyl groups is 1. The molecule has 6 heteroatoms. The molecule has 26 heavy (non-hydrogen) atoms. The Labute approximate surface area is 150 Å². The predicted molar refractivity (Wildman–Crippen MR) is 97.1 cm³/mol. The average Bonchev–Trinajstić information content (AvgIpc) is 2.54. The monoisotopic (exact) mass is 358 g/mol. The van der Waals surface area contributed by atoms with Crippen molar-refractivity contribution in [1.82, 2.24) is 0 Å². The lowest BCUT2D eigenvalue weighted by Gasteiger charge is -2.22. The van der Waals surface area contributed by atoms with E-state index in [0.717, 1.165) is 0 Å². The van der Waals surface area contributed by atoms with Gasteiger partial charge in [-0.2, -0.15) is 0 Å². The van der Waals surface area contributed by atoms with Crippen LogP contribution in [0.4, 0.5) is 0 Å². The topological polar surface area (TPSA) is 97.0 Å². The van der Waals surface area contributed by atoms with E-state index in [4.69, 9.17) is 9.15 Å². The van der Waals surface area contributed by atoms with Gasteiger partial charge in [-0.3, -0.25) is 4.79 Å². The molecule has 2 N–H and O–H groups in total. The average molecular weight is 358 g/mol. The van der Waals surface area contributed by atoms with Crippen molar-refractivity contribution in [2.24, 2.45) is 0 Å². The largest absolute Gasteiger partial charge is 0.508 e. The number of rotatable bonds is 3. The Balaban J connectivity index is 2.30. The van der Waals surface area contributed by atoms with Gasteiger partial charge in [0, 0.05) is 29.9 Å². The molecule has 1 aromatic heterocycles. The Morgan fingerprint density at radius 3 is 2.54 bits per heavy atom. The molecular weight excluding hydrogens is 336 g/mol. The molecule has 0 saturated heterocycles. The summed E-state index contributed by atoms with van der Waals surface area (Å²) in [5.74, 6) is -0.233. The highest BCUT2D eigenvalue weighted by atomic mass is 16.5. The summed E-state index contributed by atoms with van der Waals surface area (Å²) in [5.41, 5.74) is 1.02. The van der Waals surface area contributed by atoms with Crippen molar-refractivity contribution in [2.75, 3.05) is 0 Å². The lowest BCUT2D eigenvalue weighted by Crippen LogP contribution is -2.21. The van der Waals surface area contributed by atoms with E-state index in [1.54, 1.807) is 26.8 Å². The van der Waals surface area contributed by atoms with Crippen LogP contribution in [0.5, 0.6) is 5.75 Å². The lowest BCUT2D eigenvalue weighted by molar-refractivity contribution is -0.117. The number of phenols is 1. The first-order chi connectivity index (χ1) is 12.2. The van der Waals surface area contributed by atoms with E-state index in [-0.39, 0.29) is 46.9 Å². The van der Waals surface area contributed by atoms with Gasteiger partial charge in [0.1, 0.15) is 28.8 Å². The Morgan fingerprint density at radius 2 is 1.92 bits per heavy atom. The number of aliphatic hydroxyl groups is 1. The molecule has 6 nitrogen and oxygen atoms in total. The van der Waals surface area contributed by atoms with E-state index in [2.05, 4.69) is 0 Å². The van der Waals surface area contributed by atoms with Crippen molar-refractivity contribution in [3.63, 3.8) is 0 Å². The van der Waals surface area contributed by atoms with Gasteiger partial charge in [0.25, 0.3) is 0 Å². The number of benzene rings is 1. The number of hydrogen-bond donors (Lipinski definition) is 2. The number of carbonyl (C=O) groups excluding carboxylic acids is 1. The number of allylic oxidation sites excluding steroid dienone is 1. The molecule has 1 unspecified atom stereocenters. The Morgan fingerprint density at radius 1 is 1.23 bits per heavy atom. The van der Waals surface area contributed by atoms with Gasteiger partial charge in [-0.05, 0) is 38.0 Å². The maximum atomic E-state index is 12.4. The maximum absolute atomic E-state index is 12.4. The molecule has 0 aliphatic carbocycles. The van der Waals surface area contributed by atoms with Crippen LogP contribution in [0.3, 0.4) is 0 Å². The van der Waals surface area contributed by atoms with E-state index in [1.165, 1.54) is 12.1 Å². The van der Waals surface area contributed by atoms with Crippen molar-refractivity contribution >= 4 is 22.5 Å². The normalized spacial score (nSPS) is 19.8. The minimum atomic E-state index is -0.666. The van der Waals surface area contributed by atoms with Gasteiger partial charge in [-0.1, -0.05) is 6.92 Å². The summed E-state index contributed by atoms with van der Waals surface area (Å²) in [5, 5.41) is 20.8. The summed E-state index contributed by atoms with van der Waals surface area (Å²) in [4.78, 5) is 24.3. The van der Waals surface area contributed by atoms with Crippen LogP contribution in [0.2, 0.25) is 0 Å². The van der Waals surface area contributed by atoms with Gasteiger partial charge in [-0.25, -0.2) is 4.79 Å². The molecule has 0 fully saturated rings. The van der Waals surface area contributed by atoms with Crippen LogP contribution in [0.25, 0.3) is 16.7 Å². The summed E-state index contributed by atoms with van der Waals surface area (Å²) in [6.07, 6.45) is 0.582. The third-order valence-corrected chi connectivity index (χ3v) is 4.88. The maximum Gasteiger partial charge on any atom is 0.347 e. The van der Waals surface area contributed by atoms with Crippen LogP contribution in [0.1, 0.15) is 49.8 Å². The fourth-order valence-corrected chi connectivity index (χ4v) is 3.30. The number of phenolic OH excluding ortho intramolecular Hbond substituents is 1. The van der Waals surface area contributed by atoms with Crippen molar-refractivity contribution < 1.29 is 24.2 Å². The second kappa shape index (κ2) is 6.61. The molecule has 138 valence electrons. The van der Waals surface area contributed by atoms with Crippen LogP contribution in [-0.4, -0.2) is 28.2 Å². The van der Waals surface area contributed by atoms with Crippen LogP contribution in [0, 0.1) is 6.92 Å². The van der Waals surface area contributed by atoms with Crippen LogP contribution in [0.15, 0.2) is 27.4 Å². The fourth-order valence-electron chi connectivity index (χ4n) is 3.30. The minimum absolute atomic E-state index is 0.00664. The zero-order valence-corrected chi connectivity index (χ0v) is 15.2. The molecule has 0 radical (unpaired) electrons. The number of ether oxygens (including phenoxy) is 1. The van der Waals surface area contributed by atoms with Gasteiger partial charge in [-0.15, -0.1) is 0 Å². The summed E-state index contributed by atoms with van der Waals surface area (Å²) < 4.78 is 11.0. The lowest BCUT2D eigenvalue weighted by atomic mass is 9.88. The first kappa shape index (κ1) is 18.2. The standard InChI is InChI=1S/C20H22O6/c1-9-5-13(22)6-17(25-9)15-7-14-18(26-20(15)24)8-16(23)11(3)19(14)10(2)12(4)21/h6-10,12,21,23H,5H2,1-4H3/t9?,10-,12-/m0/s1. The smallest absolute Gasteiger partial charge is 0.347 e. The molecule has 0 saturated carbocycles. The van der Waals surface area contributed by atoms with E-state index in [1.807, 2.05) is 6.92 Å². The molecule has 2 aromatic rings.